The van der Waals surface area contributed by atoms with Gasteiger partial charge < -0.3 is 20.2 Å². The molecule has 3 aromatic rings. The summed E-state index contributed by atoms with van der Waals surface area (Å²) in [5.41, 5.74) is 3.83. The van der Waals surface area contributed by atoms with Gasteiger partial charge in [0.25, 0.3) is 0 Å². The van der Waals surface area contributed by atoms with Crippen molar-refractivity contribution in [3.8, 4) is 0 Å². The number of rotatable bonds is 7. The van der Waals surface area contributed by atoms with E-state index in [0.717, 1.165) is 44.3 Å². The average molecular weight is 353 g/mol. The number of para-hydroxylation sites is 1. The number of hydrogen-bond donors (Lipinski definition) is 3. The van der Waals surface area contributed by atoms with Crippen LogP contribution in [0, 0.1) is 6.92 Å². The van der Waals surface area contributed by atoms with Crippen LogP contribution in [-0.2, 0) is 19.4 Å². The van der Waals surface area contributed by atoms with Crippen LogP contribution in [0.3, 0.4) is 0 Å². The minimum atomic E-state index is 0.775. The summed E-state index contributed by atoms with van der Waals surface area (Å²) >= 11 is 0. The summed E-state index contributed by atoms with van der Waals surface area (Å²) in [7, 11) is 1.79. The molecule has 0 spiro atoms. The van der Waals surface area contributed by atoms with E-state index in [4.69, 9.17) is 0 Å². The third kappa shape index (κ3) is 4.04. The van der Waals surface area contributed by atoms with Gasteiger partial charge in [-0.3, -0.25) is 4.99 Å². The number of hydrogen-bond acceptors (Lipinski definition) is 3. The van der Waals surface area contributed by atoms with Gasteiger partial charge in [0.15, 0.2) is 5.96 Å². The molecule has 138 valence electrons. The fourth-order valence-corrected chi connectivity index (χ4v) is 3.14. The first-order valence-corrected chi connectivity index (χ1v) is 9.09. The maximum absolute atomic E-state index is 4.29. The van der Waals surface area contributed by atoms with Crippen LogP contribution in [0.1, 0.15) is 23.9 Å². The average Bonchev–Trinajstić information content (AvgIpc) is 3.28. The molecule has 26 heavy (non-hydrogen) atoms. The van der Waals surface area contributed by atoms with E-state index in [1.54, 1.807) is 13.4 Å². The van der Waals surface area contributed by atoms with E-state index in [1.807, 2.05) is 0 Å². The van der Waals surface area contributed by atoms with Crippen molar-refractivity contribution in [3.05, 3.63) is 47.7 Å². The molecule has 0 radical (unpaired) electrons. The quantitative estimate of drug-likeness (QED) is 0.448. The third-order valence-corrected chi connectivity index (χ3v) is 4.58. The fourth-order valence-electron chi connectivity index (χ4n) is 3.14. The second-order valence-corrected chi connectivity index (χ2v) is 6.28. The molecule has 0 aliphatic heterocycles. The zero-order valence-corrected chi connectivity index (χ0v) is 15.7. The van der Waals surface area contributed by atoms with E-state index in [0.29, 0.717) is 0 Å². The Labute approximate surface area is 153 Å². The molecule has 0 saturated heterocycles. The highest BCUT2D eigenvalue weighted by molar-refractivity contribution is 5.86. The lowest BCUT2D eigenvalue weighted by atomic mass is 10.1. The summed E-state index contributed by atoms with van der Waals surface area (Å²) < 4.78 is 2.06. The van der Waals surface area contributed by atoms with Crippen LogP contribution in [0.2, 0.25) is 0 Å². The van der Waals surface area contributed by atoms with E-state index >= 15 is 0 Å². The van der Waals surface area contributed by atoms with Crippen molar-refractivity contribution in [3.63, 3.8) is 0 Å². The number of fused-ring (bicyclic) bond motifs is 1. The number of nitrogens with one attached hydrogen (secondary N) is 3. The van der Waals surface area contributed by atoms with Crippen molar-refractivity contribution >= 4 is 16.9 Å². The van der Waals surface area contributed by atoms with Gasteiger partial charge in [0.1, 0.15) is 12.2 Å². The molecular weight excluding hydrogens is 326 g/mol. The highest BCUT2D eigenvalue weighted by atomic mass is 15.3. The maximum Gasteiger partial charge on any atom is 0.191 e. The van der Waals surface area contributed by atoms with E-state index in [1.165, 1.54) is 22.0 Å². The summed E-state index contributed by atoms with van der Waals surface area (Å²) in [6, 6.07) is 6.41. The van der Waals surface area contributed by atoms with Gasteiger partial charge in [0, 0.05) is 50.2 Å². The summed E-state index contributed by atoms with van der Waals surface area (Å²) in [5, 5.41) is 16.1. The van der Waals surface area contributed by atoms with Gasteiger partial charge in [0.05, 0.1) is 0 Å². The second kappa shape index (κ2) is 8.51. The minimum Gasteiger partial charge on any atom is -0.361 e. The summed E-state index contributed by atoms with van der Waals surface area (Å²) in [6.07, 6.45) is 5.70. The summed E-state index contributed by atoms with van der Waals surface area (Å²) in [4.78, 5) is 7.67. The molecule has 0 amide bonds. The number of H-pyrrole nitrogens is 1. The minimum absolute atomic E-state index is 0.775. The Kier molecular flexibility index (Phi) is 5.88. The first-order chi connectivity index (χ1) is 12.7. The molecule has 2 heterocycles. The predicted molar refractivity (Wildman–Crippen MR) is 106 cm³/mol. The first kappa shape index (κ1) is 18.0. The molecule has 0 unspecified atom stereocenters. The standard InChI is InChI=1S/C19H27N7/c1-4-17-25-24-13-26(17)11-10-22-19(20-3)21-9-8-15-12-23-18-14(2)6-5-7-16(15)18/h5-7,12-13,23H,4,8-11H2,1-3H3,(H2,20,21,22). The van der Waals surface area contributed by atoms with Crippen molar-refractivity contribution < 1.29 is 0 Å². The largest absolute Gasteiger partial charge is 0.361 e. The van der Waals surface area contributed by atoms with Crippen molar-refractivity contribution in [1.29, 1.82) is 0 Å². The number of aromatic amines is 1. The number of aryl methyl sites for hydroxylation is 2. The first-order valence-electron chi connectivity index (χ1n) is 9.09. The summed E-state index contributed by atoms with van der Waals surface area (Å²) in [5.74, 6) is 1.82. The van der Waals surface area contributed by atoms with Crippen LogP contribution in [0.4, 0.5) is 0 Å². The lowest BCUT2D eigenvalue weighted by Gasteiger charge is -2.12. The van der Waals surface area contributed by atoms with Gasteiger partial charge in [-0.15, -0.1) is 10.2 Å². The number of nitrogens with zero attached hydrogens (tertiary/aromatic N) is 4. The van der Waals surface area contributed by atoms with E-state index in [9.17, 15) is 0 Å². The Morgan fingerprint density at radius 1 is 1.27 bits per heavy atom. The molecule has 1 aromatic carbocycles. The molecule has 0 aliphatic rings. The van der Waals surface area contributed by atoms with Crippen LogP contribution < -0.4 is 10.6 Å². The number of guanidine groups is 1. The molecule has 3 rings (SSSR count). The van der Waals surface area contributed by atoms with Crippen LogP contribution >= 0.6 is 0 Å². The van der Waals surface area contributed by atoms with E-state index in [-0.39, 0.29) is 0 Å². The molecule has 3 N–H and O–H groups in total. The predicted octanol–water partition coefficient (Wildman–Crippen LogP) is 2.04. The highest BCUT2D eigenvalue weighted by Crippen LogP contribution is 2.21. The molecule has 7 heteroatoms. The fraction of sp³-hybridized carbons (Fsp3) is 0.421. The SMILES string of the molecule is CCc1nncn1CCNC(=NC)NCCc1c[nH]c2c(C)cccc12. The van der Waals surface area contributed by atoms with Gasteiger partial charge in [-0.2, -0.15) is 0 Å². The molecule has 0 aliphatic carbocycles. The molecule has 0 bridgehead atoms. The Bertz CT molecular complexity index is 875. The van der Waals surface area contributed by atoms with Crippen LogP contribution in [0.25, 0.3) is 10.9 Å². The third-order valence-electron chi connectivity index (χ3n) is 4.58. The molecule has 0 atom stereocenters. The van der Waals surface area contributed by atoms with Crippen LogP contribution in [0.5, 0.6) is 0 Å². The van der Waals surface area contributed by atoms with Gasteiger partial charge >= 0.3 is 0 Å². The van der Waals surface area contributed by atoms with E-state index < -0.39 is 0 Å². The molecule has 0 saturated carbocycles. The number of aliphatic imine (C=N–C) groups is 1. The number of aromatic nitrogens is 4. The smallest absolute Gasteiger partial charge is 0.191 e. The van der Waals surface area contributed by atoms with E-state index in [2.05, 4.69) is 73.6 Å². The van der Waals surface area contributed by atoms with Gasteiger partial charge in [-0.25, -0.2) is 0 Å². The Morgan fingerprint density at radius 2 is 2.12 bits per heavy atom. The second-order valence-electron chi connectivity index (χ2n) is 6.28. The van der Waals surface area contributed by atoms with Gasteiger partial charge in [0.2, 0.25) is 0 Å². The zero-order chi connectivity index (χ0) is 18.4. The Balaban J connectivity index is 1.47. The maximum atomic E-state index is 4.29. The highest BCUT2D eigenvalue weighted by Gasteiger charge is 2.06. The zero-order valence-electron chi connectivity index (χ0n) is 15.7. The molecular formula is C19H27N7. The Hall–Kier alpha value is -2.83. The van der Waals surface area contributed by atoms with Crippen molar-refractivity contribution in [2.24, 2.45) is 4.99 Å². The topological polar surface area (TPSA) is 82.9 Å². The summed E-state index contributed by atoms with van der Waals surface area (Å²) in [6.45, 7) is 6.63. The van der Waals surface area contributed by atoms with Gasteiger partial charge in [-0.05, 0) is 24.5 Å². The lowest BCUT2D eigenvalue weighted by Crippen LogP contribution is -2.39. The van der Waals surface area contributed by atoms with Crippen molar-refractivity contribution in [2.75, 3.05) is 20.1 Å². The van der Waals surface area contributed by atoms with Gasteiger partial charge in [-0.1, -0.05) is 25.1 Å². The van der Waals surface area contributed by atoms with Crippen molar-refractivity contribution in [1.82, 2.24) is 30.4 Å². The normalized spacial score (nSPS) is 11.9. The molecule has 0 fully saturated rings. The lowest BCUT2D eigenvalue weighted by molar-refractivity contribution is 0.632. The van der Waals surface area contributed by atoms with Crippen LogP contribution in [0.15, 0.2) is 35.7 Å². The molecule has 7 nitrogen and oxygen atoms in total. The molecule has 2 aromatic heterocycles. The number of benzene rings is 1. The van der Waals surface area contributed by atoms with Crippen molar-refractivity contribution in [2.45, 2.75) is 33.2 Å². The monoisotopic (exact) mass is 353 g/mol. The van der Waals surface area contributed by atoms with Crippen LogP contribution in [-0.4, -0.2) is 45.8 Å². The Morgan fingerprint density at radius 3 is 2.92 bits per heavy atom.